The number of aryl methyl sites for hydroxylation is 1. The van der Waals surface area contributed by atoms with Crippen molar-refractivity contribution < 1.29 is 4.79 Å². The Kier molecular flexibility index (Phi) is 9.06. The largest absolute Gasteiger partial charge is 0.351 e. The normalized spacial score (nSPS) is 9.72. The maximum Gasteiger partial charge on any atom is 0.251 e. The fourth-order valence-corrected chi connectivity index (χ4v) is 1.86. The van der Waals surface area contributed by atoms with Crippen LogP contribution in [-0.4, -0.2) is 25.5 Å². The number of benzene rings is 1. The summed E-state index contributed by atoms with van der Waals surface area (Å²) in [7, 11) is 0. The van der Waals surface area contributed by atoms with Crippen LogP contribution < -0.4 is 10.6 Å². The minimum absolute atomic E-state index is 0. The zero-order chi connectivity index (χ0) is 12.7. The second-order valence-electron chi connectivity index (χ2n) is 3.97. The van der Waals surface area contributed by atoms with E-state index in [2.05, 4.69) is 33.5 Å². The fourth-order valence-electron chi connectivity index (χ4n) is 1.50. The first-order valence-corrected chi connectivity index (χ1v) is 6.69. The average Bonchev–Trinajstić information content (AvgIpc) is 2.32. The molecular weight excluding hydrogens is 316 g/mol. The van der Waals surface area contributed by atoms with Crippen LogP contribution in [-0.2, 0) is 0 Å². The van der Waals surface area contributed by atoms with E-state index in [1.165, 1.54) is 0 Å². The van der Waals surface area contributed by atoms with Gasteiger partial charge in [0, 0.05) is 23.1 Å². The SMILES string of the molecule is CCCNCCNC(=O)c1cc(Br)ccc1C.Cl. The van der Waals surface area contributed by atoms with Crippen molar-refractivity contribution in [2.45, 2.75) is 20.3 Å². The Morgan fingerprint density at radius 2 is 2.00 bits per heavy atom. The molecular formula is C13H20BrClN2O. The zero-order valence-corrected chi connectivity index (χ0v) is 13.2. The van der Waals surface area contributed by atoms with Gasteiger partial charge in [-0.05, 0) is 37.6 Å². The van der Waals surface area contributed by atoms with Crippen molar-refractivity contribution in [1.29, 1.82) is 0 Å². The summed E-state index contributed by atoms with van der Waals surface area (Å²) in [5.74, 6) is -0.0119. The topological polar surface area (TPSA) is 41.1 Å². The van der Waals surface area contributed by atoms with Crippen LogP contribution in [0.25, 0.3) is 0 Å². The van der Waals surface area contributed by atoms with Crippen LogP contribution in [0.5, 0.6) is 0 Å². The lowest BCUT2D eigenvalue weighted by atomic mass is 10.1. The first kappa shape index (κ1) is 17.4. The van der Waals surface area contributed by atoms with Gasteiger partial charge in [-0.1, -0.05) is 28.9 Å². The molecule has 0 bridgehead atoms. The van der Waals surface area contributed by atoms with Gasteiger partial charge < -0.3 is 10.6 Å². The van der Waals surface area contributed by atoms with Crippen molar-refractivity contribution in [2.75, 3.05) is 19.6 Å². The number of hydrogen-bond donors (Lipinski definition) is 2. The summed E-state index contributed by atoms with van der Waals surface area (Å²) in [6.07, 6.45) is 1.11. The van der Waals surface area contributed by atoms with Gasteiger partial charge >= 0.3 is 0 Å². The predicted octanol–water partition coefficient (Wildman–Crippen LogP) is 2.91. The monoisotopic (exact) mass is 334 g/mol. The predicted molar refractivity (Wildman–Crippen MR) is 81.6 cm³/mol. The van der Waals surface area contributed by atoms with Crippen LogP contribution in [0.15, 0.2) is 22.7 Å². The van der Waals surface area contributed by atoms with Gasteiger partial charge in [0.15, 0.2) is 0 Å². The molecule has 0 spiro atoms. The molecule has 0 atom stereocenters. The van der Waals surface area contributed by atoms with Gasteiger partial charge in [-0.3, -0.25) is 4.79 Å². The molecule has 1 rings (SSSR count). The van der Waals surface area contributed by atoms with E-state index in [1.54, 1.807) is 0 Å². The van der Waals surface area contributed by atoms with Gasteiger partial charge in [-0.25, -0.2) is 0 Å². The average molecular weight is 336 g/mol. The highest BCUT2D eigenvalue weighted by molar-refractivity contribution is 9.10. The Morgan fingerprint density at radius 1 is 1.28 bits per heavy atom. The minimum atomic E-state index is -0.0119. The molecule has 1 aromatic carbocycles. The van der Waals surface area contributed by atoms with E-state index < -0.39 is 0 Å². The summed E-state index contributed by atoms with van der Waals surface area (Å²) in [6.45, 7) is 6.52. The summed E-state index contributed by atoms with van der Waals surface area (Å²) >= 11 is 3.37. The highest BCUT2D eigenvalue weighted by Crippen LogP contribution is 2.15. The summed E-state index contributed by atoms with van der Waals surface area (Å²) in [5.41, 5.74) is 1.72. The Bertz CT molecular complexity index is 385. The molecule has 102 valence electrons. The van der Waals surface area contributed by atoms with Crippen LogP contribution >= 0.6 is 28.3 Å². The van der Waals surface area contributed by atoms with Crippen LogP contribution in [0.4, 0.5) is 0 Å². The minimum Gasteiger partial charge on any atom is -0.351 e. The van der Waals surface area contributed by atoms with E-state index in [1.807, 2.05) is 25.1 Å². The van der Waals surface area contributed by atoms with Gasteiger partial charge in [0.2, 0.25) is 0 Å². The summed E-state index contributed by atoms with van der Waals surface area (Å²) < 4.78 is 0.928. The third kappa shape index (κ3) is 5.85. The highest BCUT2D eigenvalue weighted by Gasteiger charge is 2.08. The summed E-state index contributed by atoms with van der Waals surface area (Å²) in [5, 5.41) is 6.15. The second kappa shape index (κ2) is 9.36. The lowest BCUT2D eigenvalue weighted by Gasteiger charge is -2.08. The Hall–Kier alpha value is -0.580. The van der Waals surface area contributed by atoms with Gasteiger partial charge in [-0.15, -0.1) is 12.4 Å². The second-order valence-corrected chi connectivity index (χ2v) is 4.88. The van der Waals surface area contributed by atoms with Crippen LogP contribution in [0.1, 0.15) is 29.3 Å². The van der Waals surface area contributed by atoms with Gasteiger partial charge in [0.1, 0.15) is 0 Å². The summed E-state index contributed by atoms with van der Waals surface area (Å²) in [4.78, 5) is 11.9. The molecule has 0 heterocycles. The van der Waals surface area contributed by atoms with E-state index in [4.69, 9.17) is 0 Å². The van der Waals surface area contributed by atoms with Gasteiger partial charge in [0.25, 0.3) is 5.91 Å². The smallest absolute Gasteiger partial charge is 0.251 e. The maximum absolute atomic E-state index is 11.9. The van der Waals surface area contributed by atoms with Crippen molar-refractivity contribution in [3.63, 3.8) is 0 Å². The number of hydrogen-bond acceptors (Lipinski definition) is 2. The Labute approximate surface area is 123 Å². The Balaban J connectivity index is 0.00000289. The van der Waals surface area contributed by atoms with Crippen LogP contribution in [0.3, 0.4) is 0 Å². The highest BCUT2D eigenvalue weighted by atomic mass is 79.9. The number of carbonyl (C=O) groups excluding carboxylic acids is 1. The molecule has 0 saturated heterocycles. The molecule has 0 aliphatic carbocycles. The van der Waals surface area contributed by atoms with Crippen molar-refractivity contribution in [1.82, 2.24) is 10.6 Å². The third-order valence-electron chi connectivity index (χ3n) is 2.46. The molecule has 0 aliphatic heterocycles. The number of rotatable bonds is 6. The van der Waals surface area contributed by atoms with Crippen molar-refractivity contribution in [3.05, 3.63) is 33.8 Å². The van der Waals surface area contributed by atoms with E-state index in [9.17, 15) is 4.79 Å². The maximum atomic E-state index is 11.9. The first-order valence-electron chi connectivity index (χ1n) is 5.90. The lowest BCUT2D eigenvalue weighted by molar-refractivity contribution is 0.0953. The van der Waals surface area contributed by atoms with Crippen molar-refractivity contribution >= 4 is 34.2 Å². The molecule has 0 radical (unpaired) electrons. The number of halogens is 2. The van der Waals surface area contributed by atoms with Gasteiger partial charge in [0.05, 0.1) is 0 Å². The van der Waals surface area contributed by atoms with E-state index in [-0.39, 0.29) is 18.3 Å². The molecule has 0 aromatic heterocycles. The molecule has 0 aliphatic rings. The number of amides is 1. The molecule has 3 nitrogen and oxygen atoms in total. The van der Waals surface area contributed by atoms with Gasteiger partial charge in [-0.2, -0.15) is 0 Å². The number of nitrogens with one attached hydrogen (secondary N) is 2. The van der Waals surface area contributed by atoms with Crippen molar-refractivity contribution in [3.8, 4) is 0 Å². The molecule has 0 saturated carbocycles. The quantitative estimate of drug-likeness (QED) is 0.785. The van der Waals surface area contributed by atoms with E-state index in [0.717, 1.165) is 35.1 Å². The molecule has 2 N–H and O–H groups in total. The number of carbonyl (C=O) groups is 1. The standard InChI is InChI=1S/C13H19BrN2O.ClH/c1-3-6-15-7-8-16-13(17)12-9-11(14)5-4-10(12)2;/h4-5,9,15H,3,6-8H2,1-2H3,(H,16,17);1H. The third-order valence-corrected chi connectivity index (χ3v) is 2.95. The van der Waals surface area contributed by atoms with Crippen molar-refractivity contribution in [2.24, 2.45) is 0 Å². The molecule has 0 unspecified atom stereocenters. The van der Waals surface area contributed by atoms with Crippen LogP contribution in [0.2, 0.25) is 0 Å². The molecule has 1 amide bonds. The van der Waals surface area contributed by atoms with E-state index >= 15 is 0 Å². The van der Waals surface area contributed by atoms with E-state index in [0.29, 0.717) is 6.54 Å². The summed E-state index contributed by atoms with van der Waals surface area (Å²) in [6, 6.07) is 5.73. The first-order chi connectivity index (χ1) is 8.15. The molecule has 0 fully saturated rings. The molecule has 18 heavy (non-hydrogen) atoms. The molecule has 5 heteroatoms. The fraction of sp³-hybridized carbons (Fsp3) is 0.462. The Morgan fingerprint density at radius 3 is 2.67 bits per heavy atom. The molecule has 1 aromatic rings. The zero-order valence-electron chi connectivity index (χ0n) is 10.8. The van der Waals surface area contributed by atoms with Crippen LogP contribution in [0, 0.1) is 6.92 Å². The lowest BCUT2D eigenvalue weighted by Crippen LogP contribution is -2.32.